The fourth-order valence-corrected chi connectivity index (χ4v) is 2.69. The van der Waals surface area contributed by atoms with Crippen LogP contribution in [0.4, 0.5) is 0 Å². The van der Waals surface area contributed by atoms with Gasteiger partial charge in [0.05, 0.1) is 0 Å². The lowest BCUT2D eigenvalue weighted by Crippen LogP contribution is -2.35. The lowest BCUT2D eigenvalue weighted by Gasteiger charge is -2.27. The molecule has 0 aromatic heterocycles. The molecule has 1 aromatic carbocycles. The fourth-order valence-electron chi connectivity index (χ4n) is 2.69. The Hall–Kier alpha value is -1.31. The van der Waals surface area contributed by atoms with E-state index in [1.165, 1.54) is 11.1 Å². The van der Waals surface area contributed by atoms with Gasteiger partial charge in [0.15, 0.2) is 0 Å². The van der Waals surface area contributed by atoms with E-state index in [0.29, 0.717) is 17.8 Å². The second kappa shape index (κ2) is 5.13. The molecule has 0 radical (unpaired) electrons. The molecule has 1 aliphatic rings. The predicted octanol–water partition coefficient (Wildman–Crippen LogP) is 3.68. The van der Waals surface area contributed by atoms with Gasteiger partial charge in [0, 0.05) is 18.0 Å². The zero-order valence-electron chi connectivity index (χ0n) is 11.8. The van der Waals surface area contributed by atoms with Gasteiger partial charge in [0.1, 0.15) is 0 Å². The highest BCUT2D eigenvalue weighted by molar-refractivity contribution is 5.97. The van der Waals surface area contributed by atoms with Crippen LogP contribution in [0.1, 0.15) is 67.4 Å². The van der Waals surface area contributed by atoms with E-state index in [9.17, 15) is 4.79 Å². The molecule has 98 valence electrons. The van der Waals surface area contributed by atoms with Gasteiger partial charge in [-0.15, -0.1) is 0 Å². The van der Waals surface area contributed by atoms with Crippen LogP contribution >= 0.6 is 0 Å². The number of carbonyl (C=O) groups excluding carboxylic acids is 1. The van der Waals surface area contributed by atoms with Crippen molar-refractivity contribution in [2.24, 2.45) is 5.92 Å². The van der Waals surface area contributed by atoms with Gasteiger partial charge >= 0.3 is 0 Å². The Bertz CT molecular complexity index is 448. The number of benzene rings is 1. The average molecular weight is 245 g/mol. The molecule has 2 heteroatoms. The number of carbonyl (C=O) groups is 1. The predicted molar refractivity (Wildman–Crippen MR) is 75.1 cm³/mol. The second-order valence-corrected chi connectivity index (χ2v) is 6.04. The van der Waals surface area contributed by atoms with E-state index in [2.05, 4.69) is 51.2 Å². The molecular formula is C16H23NO. The van der Waals surface area contributed by atoms with Gasteiger partial charge in [-0.05, 0) is 35.4 Å². The number of hydrogen-bond acceptors (Lipinski definition) is 1. The number of nitrogens with one attached hydrogen (secondary N) is 1. The molecule has 0 bridgehead atoms. The Morgan fingerprint density at radius 1 is 1.28 bits per heavy atom. The molecule has 18 heavy (non-hydrogen) atoms. The second-order valence-electron chi connectivity index (χ2n) is 6.04. The molecule has 1 heterocycles. The van der Waals surface area contributed by atoms with Crippen LogP contribution in [0.15, 0.2) is 18.2 Å². The Morgan fingerprint density at radius 3 is 2.61 bits per heavy atom. The summed E-state index contributed by atoms with van der Waals surface area (Å²) in [5.74, 6) is 1.68. The van der Waals surface area contributed by atoms with Crippen LogP contribution in [-0.4, -0.2) is 12.5 Å². The molecule has 1 amide bonds. The summed E-state index contributed by atoms with van der Waals surface area (Å²) >= 11 is 0. The van der Waals surface area contributed by atoms with Crippen molar-refractivity contribution in [2.75, 3.05) is 6.54 Å². The fraction of sp³-hybridized carbons (Fsp3) is 0.562. The van der Waals surface area contributed by atoms with Crippen LogP contribution in [0.3, 0.4) is 0 Å². The zero-order valence-corrected chi connectivity index (χ0v) is 11.8. The highest BCUT2D eigenvalue weighted by Crippen LogP contribution is 2.31. The lowest BCUT2D eigenvalue weighted by atomic mass is 9.83. The molecule has 2 rings (SSSR count). The minimum atomic E-state index is 0.0903. The maximum Gasteiger partial charge on any atom is 0.251 e. The molecule has 2 nitrogen and oxygen atoms in total. The number of amides is 1. The van der Waals surface area contributed by atoms with E-state index < -0.39 is 0 Å². The summed E-state index contributed by atoms with van der Waals surface area (Å²) < 4.78 is 0. The van der Waals surface area contributed by atoms with E-state index in [0.717, 1.165) is 18.5 Å². The Morgan fingerprint density at radius 2 is 2.00 bits per heavy atom. The van der Waals surface area contributed by atoms with Crippen molar-refractivity contribution in [3.63, 3.8) is 0 Å². The molecule has 1 N–H and O–H groups in total. The Kier molecular flexibility index (Phi) is 3.74. The van der Waals surface area contributed by atoms with Gasteiger partial charge < -0.3 is 5.32 Å². The monoisotopic (exact) mass is 245 g/mol. The summed E-state index contributed by atoms with van der Waals surface area (Å²) in [6.07, 6.45) is 1.13. The third-order valence-electron chi connectivity index (χ3n) is 3.69. The summed E-state index contributed by atoms with van der Waals surface area (Å²) in [6.45, 7) is 9.57. The van der Waals surface area contributed by atoms with Gasteiger partial charge in [-0.2, -0.15) is 0 Å². The van der Waals surface area contributed by atoms with E-state index in [4.69, 9.17) is 0 Å². The van der Waals surface area contributed by atoms with Crippen LogP contribution in [-0.2, 0) is 0 Å². The number of hydrogen-bond donors (Lipinski definition) is 1. The molecule has 1 atom stereocenters. The molecule has 0 fully saturated rings. The first-order valence-corrected chi connectivity index (χ1v) is 6.91. The van der Waals surface area contributed by atoms with Crippen LogP contribution in [0, 0.1) is 5.92 Å². The third kappa shape index (κ3) is 2.58. The standard InChI is InChI=1S/C16H23NO/c1-10(2)7-13-9-17-16(18)15-8-12(11(3)4)5-6-14(13)15/h5-6,8,10-11,13H,7,9H2,1-4H3,(H,17,18). The van der Waals surface area contributed by atoms with Crippen LogP contribution in [0.25, 0.3) is 0 Å². The van der Waals surface area contributed by atoms with Crippen molar-refractivity contribution >= 4 is 5.91 Å². The lowest BCUT2D eigenvalue weighted by molar-refractivity contribution is 0.0938. The van der Waals surface area contributed by atoms with Gasteiger partial charge in [-0.1, -0.05) is 39.8 Å². The number of fused-ring (bicyclic) bond motifs is 1. The largest absolute Gasteiger partial charge is 0.351 e. The summed E-state index contributed by atoms with van der Waals surface area (Å²) in [5.41, 5.74) is 3.36. The summed E-state index contributed by atoms with van der Waals surface area (Å²) in [6, 6.07) is 6.41. The summed E-state index contributed by atoms with van der Waals surface area (Å²) in [7, 11) is 0. The summed E-state index contributed by atoms with van der Waals surface area (Å²) in [5, 5.41) is 3.02. The van der Waals surface area contributed by atoms with Crippen molar-refractivity contribution < 1.29 is 4.79 Å². The van der Waals surface area contributed by atoms with E-state index in [1.54, 1.807) is 0 Å². The average Bonchev–Trinajstić information content (AvgIpc) is 2.32. The third-order valence-corrected chi connectivity index (χ3v) is 3.69. The van der Waals surface area contributed by atoms with Crippen molar-refractivity contribution in [1.82, 2.24) is 5.32 Å². The molecule has 1 aliphatic heterocycles. The van der Waals surface area contributed by atoms with E-state index in [1.807, 2.05) is 0 Å². The first kappa shape index (κ1) is 13.1. The normalized spacial score (nSPS) is 19.0. The van der Waals surface area contributed by atoms with Crippen molar-refractivity contribution in [2.45, 2.75) is 46.0 Å². The quantitative estimate of drug-likeness (QED) is 0.864. The maximum absolute atomic E-state index is 12.0. The van der Waals surface area contributed by atoms with E-state index in [-0.39, 0.29) is 5.91 Å². The first-order valence-electron chi connectivity index (χ1n) is 6.91. The van der Waals surface area contributed by atoms with Gasteiger partial charge in [-0.25, -0.2) is 0 Å². The van der Waals surface area contributed by atoms with Crippen LogP contribution < -0.4 is 5.32 Å². The minimum Gasteiger partial charge on any atom is -0.351 e. The molecule has 0 spiro atoms. The van der Waals surface area contributed by atoms with Gasteiger partial charge in [-0.3, -0.25) is 4.79 Å². The SMILES string of the molecule is CC(C)CC1CNC(=O)c2cc(C(C)C)ccc21. The molecule has 1 aromatic rings. The van der Waals surface area contributed by atoms with Crippen molar-refractivity contribution in [1.29, 1.82) is 0 Å². The number of rotatable bonds is 3. The zero-order chi connectivity index (χ0) is 13.3. The molecule has 0 aliphatic carbocycles. The molecular weight excluding hydrogens is 222 g/mol. The smallest absolute Gasteiger partial charge is 0.251 e. The Labute approximate surface area is 110 Å². The van der Waals surface area contributed by atoms with Crippen molar-refractivity contribution in [3.05, 3.63) is 34.9 Å². The topological polar surface area (TPSA) is 29.1 Å². The van der Waals surface area contributed by atoms with Crippen LogP contribution in [0.5, 0.6) is 0 Å². The van der Waals surface area contributed by atoms with Gasteiger partial charge in [0.25, 0.3) is 5.91 Å². The molecule has 1 unspecified atom stereocenters. The highest BCUT2D eigenvalue weighted by atomic mass is 16.1. The van der Waals surface area contributed by atoms with Gasteiger partial charge in [0.2, 0.25) is 0 Å². The van der Waals surface area contributed by atoms with Crippen LogP contribution in [0.2, 0.25) is 0 Å². The first-order chi connectivity index (χ1) is 8.49. The Balaban J connectivity index is 2.37. The highest BCUT2D eigenvalue weighted by Gasteiger charge is 2.26. The molecule has 0 saturated carbocycles. The van der Waals surface area contributed by atoms with E-state index >= 15 is 0 Å². The maximum atomic E-state index is 12.0. The summed E-state index contributed by atoms with van der Waals surface area (Å²) in [4.78, 5) is 12.0. The minimum absolute atomic E-state index is 0.0903. The van der Waals surface area contributed by atoms with Crippen molar-refractivity contribution in [3.8, 4) is 0 Å². The molecule has 0 saturated heterocycles.